The number of nitrogens with one attached hydrogen (secondary N) is 2. The Morgan fingerprint density at radius 3 is 2.23 bits per heavy atom. The minimum Gasteiger partial charge on any atom is -0.444 e. The Balaban J connectivity index is 2.90. The van der Waals surface area contributed by atoms with Crippen molar-refractivity contribution in [3.05, 3.63) is 39.4 Å². The first-order chi connectivity index (χ1) is 15.9. The number of ether oxygens (including phenoxy) is 2. The highest BCUT2D eigenvalue weighted by Gasteiger charge is 2.26. The summed E-state index contributed by atoms with van der Waals surface area (Å²) in [6.07, 6.45) is 0.332. The molecule has 1 rings (SSSR count). The number of rotatable bonds is 11. The van der Waals surface area contributed by atoms with E-state index in [0.717, 1.165) is 6.26 Å². The number of nitro groups is 1. The Bertz CT molecular complexity index is 1010. The Hall–Kier alpha value is -2.77. The first-order valence-electron chi connectivity index (χ1n) is 10.9. The lowest BCUT2D eigenvalue weighted by Crippen LogP contribution is -2.51. The van der Waals surface area contributed by atoms with Crippen LogP contribution in [-0.4, -0.2) is 62.0 Å². The molecule has 13 heteroatoms. The van der Waals surface area contributed by atoms with E-state index in [9.17, 15) is 28.1 Å². The number of non-ortho nitro benzene ring substituents is 1. The van der Waals surface area contributed by atoms with Crippen LogP contribution in [0.15, 0.2) is 18.2 Å². The number of carbonyl (C=O) groups is 2. The molecule has 0 radical (unpaired) electrons. The molecule has 0 aliphatic carbocycles. The van der Waals surface area contributed by atoms with Gasteiger partial charge in [0.25, 0.3) is 15.8 Å². The molecule has 1 aromatic rings. The highest BCUT2D eigenvalue weighted by atomic mass is 32.2. The third kappa shape index (κ3) is 13.0. The lowest BCUT2D eigenvalue weighted by atomic mass is 10.0. The second-order valence-electron chi connectivity index (χ2n) is 9.84. The highest BCUT2D eigenvalue weighted by molar-refractivity contribution is 7.85. The predicted octanol–water partition coefficient (Wildman–Crippen LogP) is 2.44. The number of alkyl carbamates (subject to hydrolysis) is 1. The molecule has 0 saturated heterocycles. The predicted molar refractivity (Wildman–Crippen MR) is 128 cm³/mol. The lowest BCUT2D eigenvalue weighted by Gasteiger charge is -2.26. The van der Waals surface area contributed by atoms with E-state index in [2.05, 4.69) is 10.6 Å². The van der Waals surface area contributed by atoms with E-state index in [1.165, 1.54) is 18.2 Å². The molecular formula is C22H35N3O9S. The van der Waals surface area contributed by atoms with Crippen molar-refractivity contribution in [2.45, 2.75) is 71.8 Å². The van der Waals surface area contributed by atoms with Crippen LogP contribution in [0.3, 0.4) is 0 Å². The summed E-state index contributed by atoms with van der Waals surface area (Å²) in [6.45, 7) is 10.1. The molecule has 12 nitrogen and oxygen atoms in total. The van der Waals surface area contributed by atoms with Gasteiger partial charge in [-0.05, 0) is 59.1 Å². The van der Waals surface area contributed by atoms with Gasteiger partial charge < -0.3 is 20.1 Å². The molecule has 0 heterocycles. The zero-order valence-electron chi connectivity index (χ0n) is 21.2. The van der Waals surface area contributed by atoms with E-state index in [-0.39, 0.29) is 31.9 Å². The van der Waals surface area contributed by atoms with E-state index in [4.69, 9.17) is 13.7 Å². The fourth-order valence-electron chi connectivity index (χ4n) is 2.68. The zero-order chi connectivity index (χ0) is 27.0. The lowest BCUT2D eigenvalue weighted by molar-refractivity contribution is -0.385. The smallest absolute Gasteiger partial charge is 0.408 e. The van der Waals surface area contributed by atoms with Crippen molar-refractivity contribution in [3.63, 3.8) is 0 Å². The summed E-state index contributed by atoms with van der Waals surface area (Å²) in [6, 6.07) is 2.95. The molecular weight excluding hydrogens is 482 g/mol. The van der Waals surface area contributed by atoms with Gasteiger partial charge in [0.15, 0.2) is 0 Å². The molecule has 35 heavy (non-hydrogen) atoms. The van der Waals surface area contributed by atoms with Crippen LogP contribution in [0.25, 0.3) is 0 Å². The maximum atomic E-state index is 12.8. The van der Waals surface area contributed by atoms with Crippen molar-refractivity contribution in [2.24, 2.45) is 0 Å². The van der Waals surface area contributed by atoms with Gasteiger partial charge in [0.05, 0.1) is 30.0 Å². The van der Waals surface area contributed by atoms with E-state index < -0.39 is 44.3 Å². The fraction of sp³-hybridized carbons (Fsp3) is 0.636. The van der Waals surface area contributed by atoms with Crippen LogP contribution >= 0.6 is 0 Å². The van der Waals surface area contributed by atoms with Gasteiger partial charge in [0.2, 0.25) is 5.91 Å². The molecule has 2 amide bonds. The van der Waals surface area contributed by atoms with Crippen LogP contribution < -0.4 is 10.6 Å². The summed E-state index contributed by atoms with van der Waals surface area (Å²) >= 11 is 0. The van der Waals surface area contributed by atoms with Gasteiger partial charge in [-0.3, -0.25) is 19.1 Å². The van der Waals surface area contributed by atoms with E-state index in [1.807, 2.05) is 20.8 Å². The molecule has 0 aliphatic heterocycles. The van der Waals surface area contributed by atoms with Gasteiger partial charge in [0, 0.05) is 18.7 Å². The molecule has 0 aromatic heterocycles. The summed E-state index contributed by atoms with van der Waals surface area (Å²) in [5.41, 5.74) is -0.663. The molecule has 0 spiro atoms. The zero-order valence-corrected chi connectivity index (χ0v) is 22.0. The average molecular weight is 518 g/mol. The largest absolute Gasteiger partial charge is 0.444 e. The average Bonchev–Trinajstić information content (AvgIpc) is 2.67. The van der Waals surface area contributed by atoms with Crippen LogP contribution in [0.5, 0.6) is 0 Å². The summed E-state index contributed by atoms with van der Waals surface area (Å²) in [5, 5.41) is 16.3. The van der Waals surface area contributed by atoms with Gasteiger partial charge >= 0.3 is 6.09 Å². The highest BCUT2D eigenvalue weighted by Crippen LogP contribution is 2.20. The number of hydrogen-bond acceptors (Lipinski definition) is 9. The van der Waals surface area contributed by atoms with Crippen LogP contribution in [0.2, 0.25) is 0 Å². The summed E-state index contributed by atoms with van der Waals surface area (Å²) in [5.74, 6) is -0.518. The molecule has 2 N–H and O–H groups in total. The molecule has 0 bridgehead atoms. The standard InChI is InChI=1S/C22H35N3O9S/c1-21(2,3)32-14-18(24-20(27)34-22(4,5)6)19(26)23-11-10-15-8-9-17(25(28)29)12-16(15)13-33-35(7,30)31/h8-9,12,18H,10-11,13-14H2,1-7H3,(H,23,26)(H,24,27)/t18-/m0/s1. The van der Waals surface area contributed by atoms with E-state index in [0.29, 0.717) is 11.1 Å². The topological polar surface area (TPSA) is 163 Å². The number of carbonyl (C=O) groups excluding carboxylic acids is 2. The van der Waals surface area contributed by atoms with Crippen molar-refractivity contribution in [1.82, 2.24) is 10.6 Å². The van der Waals surface area contributed by atoms with Crippen molar-refractivity contribution >= 4 is 27.8 Å². The SMILES string of the molecule is CC(C)(C)OC[C@H](NC(=O)OC(C)(C)C)C(=O)NCCc1ccc([N+](=O)[O-])cc1COS(C)(=O)=O. The maximum absolute atomic E-state index is 12.8. The van der Waals surface area contributed by atoms with Crippen molar-refractivity contribution < 1.29 is 36.6 Å². The number of hydrogen-bond donors (Lipinski definition) is 2. The molecule has 1 atom stereocenters. The summed E-state index contributed by atoms with van der Waals surface area (Å²) in [4.78, 5) is 35.5. The van der Waals surface area contributed by atoms with Gasteiger partial charge in [-0.15, -0.1) is 0 Å². The molecule has 0 aliphatic rings. The second-order valence-corrected chi connectivity index (χ2v) is 11.5. The van der Waals surface area contributed by atoms with Crippen LogP contribution in [0, 0.1) is 10.1 Å². The Morgan fingerprint density at radius 1 is 1.09 bits per heavy atom. The third-order valence-electron chi connectivity index (χ3n) is 4.21. The van der Waals surface area contributed by atoms with Gasteiger partial charge in [-0.25, -0.2) is 4.79 Å². The quantitative estimate of drug-likeness (QED) is 0.255. The number of benzene rings is 1. The fourth-order valence-corrected chi connectivity index (χ4v) is 3.03. The minimum absolute atomic E-state index is 0.0977. The Labute approximate surface area is 206 Å². The van der Waals surface area contributed by atoms with Crippen molar-refractivity contribution in [2.75, 3.05) is 19.4 Å². The Morgan fingerprint density at radius 2 is 1.71 bits per heavy atom. The second kappa shape index (κ2) is 12.3. The van der Waals surface area contributed by atoms with Crippen LogP contribution in [-0.2, 0) is 41.6 Å². The third-order valence-corrected chi connectivity index (χ3v) is 4.76. The van der Waals surface area contributed by atoms with Crippen LogP contribution in [0.4, 0.5) is 10.5 Å². The Kier molecular flexibility index (Phi) is 10.6. The van der Waals surface area contributed by atoms with Crippen molar-refractivity contribution in [3.8, 4) is 0 Å². The molecule has 0 fully saturated rings. The van der Waals surface area contributed by atoms with Gasteiger partial charge in [-0.1, -0.05) is 6.07 Å². The van der Waals surface area contributed by atoms with E-state index >= 15 is 0 Å². The normalized spacial score (nSPS) is 13.1. The molecule has 1 aromatic carbocycles. The van der Waals surface area contributed by atoms with Crippen molar-refractivity contribution in [1.29, 1.82) is 0 Å². The molecule has 0 unspecified atom stereocenters. The minimum atomic E-state index is -3.77. The molecule has 198 valence electrons. The van der Waals surface area contributed by atoms with Crippen LogP contribution in [0.1, 0.15) is 52.7 Å². The summed E-state index contributed by atoms with van der Waals surface area (Å²) < 4.78 is 38.4. The monoisotopic (exact) mass is 517 g/mol. The maximum Gasteiger partial charge on any atom is 0.408 e. The number of amides is 2. The van der Waals surface area contributed by atoms with E-state index in [1.54, 1.807) is 20.8 Å². The van der Waals surface area contributed by atoms with Gasteiger partial charge in [-0.2, -0.15) is 8.42 Å². The molecule has 0 saturated carbocycles. The van der Waals surface area contributed by atoms with Gasteiger partial charge in [0.1, 0.15) is 11.6 Å². The summed E-state index contributed by atoms with van der Waals surface area (Å²) in [7, 11) is -3.77. The first kappa shape index (κ1) is 30.3. The number of nitrogens with zero attached hydrogens (tertiary/aromatic N) is 1. The number of nitro benzene ring substituents is 1. The first-order valence-corrected chi connectivity index (χ1v) is 12.7.